The lowest BCUT2D eigenvalue weighted by molar-refractivity contribution is 0.488. The number of hydrogen-bond donors (Lipinski definition) is 2. The fraction of sp³-hybridized carbons (Fsp3) is 0.636. The highest BCUT2D eigenvalue weighted by atomic mass is 32.1. The highest BCUT2D eigenvalue weighted by Gasteiger charge is 2.00. The molecule has 1 rings (SSSR count). The molecule has 0 aliphatic carbocycles. The first-order valence-electron chi connectivity index (χ1n) is 5.18. The Kier molecular flexibility index (Phi) is 5.15. The van der Waals surface area contributed by atoms with Crippen LogP contribution in [-0.2, 0) is 6.54 Å². The van der Waals surface area contributed by atoms with Gasteiger partial charge in [-0.05, 0) is 44.5 Å². The maximum absolute atomic E-state index is 5.49. The second-order valence-corrected chi connectivity index (χ2v) is 5.20. The molecule has 1 atom stereocenters. The Balaban J connectivity index is 2.15. The van der Waals surface area contributed by atoms with Gasteiger partial charge in [0.25, 0.3) is 0 Å². The van der Waals surface area contributed by atoms with Gasteiger partial charge in [0.2, 0.25) is 0 Å². The molecule has 0 saturated carbocycles. The molecule has 1 aromatic heterocycles. The van der Waals surface area contributed by atoms with E-state index in [1.54, 1.807) is 0 Å². The summed E-state index contributed by atoms with van der Waals surface area (Å²) in [6, 6.07) is 4.37. The third-order valence-corrected chi connectivity index (χ3v) is 3.25. The first kappa shape index (κ1) is 11.7. The molecule has 0 radical (unpaired) electrons. The number of nitrogens with two attached hydrogens (primary N) is 1. The van der Waals surface area contributed by atoms with Crippen LogP contribution in [-0.4, -0.2) is 13.1 Å². The molecule has 0 saturated heterocycles. The first-order chi connectivity index (χ1) is 6.72. The predicted octanol–water partition coefficient (Wildman–Crippen LogP) is 2.13. The van der Waals surface area contributed by atoms with Crippen LogP contribution in [0.25, 0.3) is 0 Å². The normalized spacial score (nSPS) is 13.1. The van der Waals surface area contributed by atoms with Crippen LogP contribution in [0.15, 0.2) is 12.1 Å². The van der Waals surface area contributed by atoms with Crippen molar-refractivity contribution in [3.8, 4) is 0 Å². The van der Waals surface area contributed by atoms with Gasteiger partial charge in [0, 0.05) is 16.3 Å². The lowest BCUT2D eigenvalue weighted by atomic mass is 10.1. The topological polar surface area (TPSA) is 38.0 Å². The first-order valence-corrected chi connectivity index (χ1v) is 6.00. The van der Waals surface area contributed by atoms with E-state index in [1.807, 2.05) is 11.3 Å². The largest absolute Gasteiger partial charge is 0.330 e. The molecule has 0 spiro atoms. The van der Waals surface area contributed by atoms with Gasteiger partial charge < -0.3 is 11.1 Å². The van der Waals surface area contributed by atoms with E-state index in [9.17, 15) is 0 Å². The zero-order chi connectivity index (χ0) is 10.4. The second kappa shape index (κ2) is 6.17. The van der Waals surface area contributed by atoms with Gasteiger partial charge in [0.05, 0.1) is 0 Å². The van der Waals surface area contributed by atoms with Gasteiger partial charge in [-0.1, -0.05) is 6.92 Å². The van der Waals surface area contributed by atoms with Gasteiger partial charge in [-0.2, -0.15) is 0 Å². The van der Waals surface area contributed by atoms with E-state index >= 15 is 0 Å². The maximum atomic E-state index is 5.49. The number of rotatable bonds is 6. The van der Waals surface area contributed by atoms with E-state index in [0.717, 1.165) is 26.1 Å². The molecule has 2 nitrogen and oxygen atoms in total. The minimum Gasteiger partial charge on any atom is -0.330 e. The summed E-state index contributed by atoms with van der Waals surface area (Å²) in [7, 11) is 0. The Bertz CT molecular complexity index is 258. The van der Waals surface area contributed by atoms with Crippen molar-refractivity contribution >= 4 is 11.3 Å². The van der Waals surface area contributed by atoms with Crippen LogP contribution < -0.4 is 11.1 Å². The summed E-state index contributed by atoms with van der Waals surface area (Å²) >= 11 is 1.87. The monoisotopic (exact) mass is 212 g/mol. The Morgan fingerprint density at radius 1 is 1.50 bits per heavy atom. The lowest BCUT2D eigenvalue weighted by Crippen LogP contribution is -2.22. The summed E-state index contributed by atoms with van der Waals surface area (Å²) in [6.07, 6.45) is 1.11. The summed E-state index contributed by atoms with van der Waals surface area (Å²) in [5.41, 5.74) is 5.49. The van der Waals surface area contributed by atoms with Crippen LogP contribution in [0.1, 0.15) is 23.1 Å². The van der Waals surface area contributed by atoms with Crippen molar-refractivity contribution in [2.75, 3.05) is 13.1 Å². The van der Waals surface area contributed by atoms with Gasteiger partial charge in [0.15, 0.2) is 0 Å². The Morgan fingerprint density at radius 2 is 2.29 bits per heavy atom. The van der Waals surface area contributed by atoms with Crippen LogP contribution >= 0.6 is 11.3 Å². The van der Waals surface area contributed by atoms with Gasteiger partial charge in [-0.25, -0.2) is 0 Å². The summed E-state index contributed by atoms with van der Waals surface area (Å²) in [5, 5.41) is 3.45. The number of thiophene rings is 1. The standard InChI is InChI=1S/C11H20N2S/c1-9(5-6-12)7-13-8-11-4-3-10(2)14-11/h3-4,9,13H,5-8,12H2,1-2H3. The molecule has 1 unspecified atom stereocenters. The molecule has 1 aromatic rings. The Labute approximate surface area is 90.5 Å². The molecule has 14 heavy (non-hydrogen) atoms. The van der Waals surface area contributed by atoms with Crippen LogP contribution in [0.5, 0.6) is 0 Å². The van der Waals surface area contributed by atoms with Crippen molar-refractivity contribution in [3.05, 3.63) is 21.9 Å². The number of nitrogens with one attached hydrogen (secondary N) is 1. The fourth-order valence-electron chi connectivity index (χ4n) is 1.41. The van der Waals surface area contributed by atoms with Gasteiger partial charge >= 0.3 is 0 Å². The fourth-order valence-corrected chi connectivity index (χ4v) is 2.27. The van der Waals surface area contributed by atoms with Crippen LogP contribution in [0, 0.1) is 12.8 Å². The van der Waals surface area contributed by atoms with E-state index in [1.165, 1.54) is 9.75 Å². The van der Waals surface area contributed by atoms with Crippen LogP contribution in [0.3, 0.4) is 0 Å². The average Bonchev–Trinajstić information content (AvgIpc) is 2.52. The van der Waals surface area contributed by atoms with Crippen molar-refractivity contribution in [2.24, 2.45) is 11.7 Å². The van der Waals surface area contributed by atoms with Crippen molar-refractivity contribution in [1.29, 1.82) is 0 Å². The summed E-state index contributed by atoms with van der Waals surface area (Å²) in [6.45, 7) is 7.23. The van der Waals surface area contributed by atoms with E-state index in [4.69, 9.17) is 5.73 Å². The van der Waals surface area contributed by atoms with Gasteiger partial charge in [-0.15, -0.1) is 11.3 Å². The van der Waals surface area contributed by atoms with Crippen molar-refractivity contribution < 1.29 is 0 Å². The van der Waals surface area contributed by atoms with Gasteiger partial charge in [-0.3, -0.25) is 0 Å². The number of aryl methyl sites for hydroxylation is 1. The minimum atomic E-state index is 0.682. The molecule has 1 heterocycles. The molecule has 0 amide bonds. The van der Waals surface area contributed by atoms with E-state index in [-0.39, 0.29) is 0 Å². The Morgan fingerprint density at radius 3 is 2.86 bits per heavy atom. The molecule has 3 heteroatoms. The molecule has 3 N–H and O–H groups in total. The SMILES string of the molecule is Cc1ccc(CNCC(C)CCN)s1. The smallest absolute Gasteiger partial charge is 0.0299 e. The zero-order valence-corrected chi connectivity index (χ0v) is 9.86. The highest BCUT2D eigenvalue weighted by Crippen LogP contribution is 2.14. The molecule has 80 valence electrons. The van der Waals surface area contributed by atoms with Crippen LogP contribution in [0.4, 0.5) is 0 Å². The minimum absolute atomic E-state index is 0.682. The molecule has 0 bridgehead atoms. The van der Waals surface area contributed by atoms with Crippen molar-refractivity contribution in [3.63, 3.8) is 0 Å². The summed E-state index contributed by atoms with van der Waals surface area (Å²) in [5.74, 6) is 0.682. The molecule has 0 fully saturated rings. The molecular weight excluding hydrogens is 192 g/mol. The third kappa shape index (κ3) is 4.22. The lowest BCUT2D eigenvalue weighted by Gasteiger charge is -2.10. The van der Waals surface area contributed by atoms with Crippen LogP contribution in [0.2, 0.25) is 0 Å². The van der Waals surface area contributed by atoms with E-state index < -0.39 is 0 Å². The molecular formula is C11H20N2S. The average molecular weight is 212 g/mol. The quantitative estimate of drug-likeness (QED) is 0.758. The third-order valence-electron chi connectivity index (χ3n) is 2.25. The van der Waals surface area contributed by atoms with Crippen molar-refractivity contribution in [2.45, 2.75) is 26.8 Å². The summed E-state index contributed by atoms with van der Waals surface area (Å²) in [4.78, 5) is 2.80. The number of hydrogen-bond acceptors (Lipinski definition) is 3. The zero-order valence-electron chi connectivity index (χ0n) is 9.05. The van der Waals surface area contributed by atoms with E-state index in [0.29, 0.717) is 5.92 Å². The predicted molar refractivity (Wildman–Crippen MR) is 63.6 cm³/mol. The molecule has 0 aromatic carbocycles. The van der Waals surface area contributed by atoms with Gasteiger partial charge in [0.1, 0.15) is 0 Å². The highest BCUT2D eigenvalue weighted by molar-refractivity contribution is 7.11. The second-order valence-electron chi connectivity index (χ2n) is 3.83. The molecule has 0 aliphatic rings. The Hall–Kier alpha value is -0.380. The van der Waals surface area contributed by atoms with Crippen molar-refractivity contribution in [1.82, 2.24) is 5.32 Å². The summed E-state index contributed by atoms with van der Waals surface area (Å²) < 4.78 is 0. The maximum Gasteiger partial charge on any atom is 0.0299 e. The molecule has 0 aliphatic heterocycles. The van der Waals surface area contributed by atoms with E-state index in [2.05, 4.69) is 31.3 Å².